The predicted molar refractivity (Wildman–Crippen MR) is 62.6 cm³/mol. The highest BCUT2D eigenvalue weighted by Gasteiger charge is 2.21. The molecule has 0 aromatic carbocycles. The Balaban J connectivity index is 1.91. The average Bonchev–Trinajstić information content (AvgIpc) is 2.80. The Morgan fingerprint density at radius 2 is 2.50 bits per heavy atom. The summed E-state index contributed by atoms with van der Waals surface area (Å²) in [7, 11) is 0. The molecular weight excluding hydrogens is 238 g/mol. The second kappa shape index (κ2) is 4.39. The molecule has 1 atom stereocenters. The van der Waals surface area contributed by atoms with Crippen molar-refractivity contribution in [3.63, 3.8) is 0 Å². The number of aliphatic hydroxyl groups is 1. The van der Waals surface area contributed by atoms with Crippen LogP contribution >= 0.6 is 0 Å². The summed E-state index contributed by atoms with van der Waals surface area (Å²) >= 11 is 0. The first-order valence-electron chi connectivity index (χ1n) is 5.68. The minimum atomic E-state index is -0.306. The van der Waals surface area contributed by atoms with Gasteiger partial charge in [-0.3, -0.25) is 0 Å². The zero-order valence-corrected chi connectivity index (χ0v) is 9.61. The molecule has 2 N–H and O–H groups in total. The largest absolute Gasteiger partial charge is 0.394 e. The molecule has 1 aliphatic heterocycles. The van der Waals surface area contributed by atoms with Gasteiger partial charge in [-0.05, 0) is 0 Å². The average molecular weight is 251 g/mol. The molecule has 1 saturated heterocycles. The molecule has 0 saturated carbocycles. The number of morpholine rings is 1. The number of aliphatic hydroxyl groups excluding tert-OH is 1. The van der Waals surface area contributed by atoms with Gasteiger partial charge in [0, 0.05) is 19.2 Å². The number of nitrogens with zero attached hydrogens (tertiary/aromatic N) is 4. The van der Waals surface area contributed by atoms with Crippen LogP contribution in [0.25, 0.3) is 5.65 Å². The topological polar surface area (TPSA) is 95.8 Å². The van der Waals surface area contributed by atoms with E-state index in [1.807, 2.05) is 4.90 Å². The number of rotatable bonds is 2. The molecular formula is C10H13N5O3. The number of hydrogen-bond donors (Lipinski definition) is 2. The summed E-state index contributed by atoms with van der Waals surface area (Å²) in [6, 6.07) is 1.73. The fraction of sp³-hybridized carbons (Fsp3) is 0.500. The molecule has 3 heterocycles. The molecule has 1 fully saturated rings. The number of anilines is 1. The molecule has 8 nitrogen and oxygen atoms in total. The predicted octanol–water partition coefficient (Wildman–Crippen LogP) is -1.38. The van der Waals surface area contributed by atoms with Crippen molar-refractivity contribution >= 4 is 11.5 Å². The lowest BCUT2D eigenvalue weighted by Crippen LogP contribution is -2.44. The van der Waals surface area contributed by atoms with Gasteiger partial charge in [0.2, 0.25) is 0 Å². The molecule has 96 valence electrons. The van der Waals surface area contributed by atoms with Crippen molar-refractivity contribution in [2.75, 3.05) is 31.2 Å². The summed E-state index contributed by atoms with van der Waals surface area (Å²) in [5.74, 6) is 0.725. The number of aromatic nitrogens is 4. The van der Waals surface area contributed by atoms with Crippen LogP contribution in [-0.4, -0.2) is 57.1 Å². The molecule has 3 rings (SSSR count). The number of H-pyrrole nitrogens is 1. The number of ether oxygens (including phenoxy) is 1. The van der Waals surface area contributed by atoms with Crippen molar-refractivity contribution in [1.29, 1.82) is 0 Å². The summed E-state index contributed by atoms with van der Waals surface area (Å²) in [5.41, 5.74) is 0.219. The fourth-order valence-electron chi connectivity index (χ4n) is 2.01. The van der Waals surface area contributed by atoms with E-state index in [0.29, 0.717) is 25.3 Å². The van der Waals surface area contributed by atoms with E-state index in [1.165, 1.54) is 10.7 Å². The molecule has 1 aliphatic rings. The summed E-state index contributed by atoms with van der Waals surface area (Å²) in [4.78, 5) is 17.5. The van der Waals surface area contributed by atoms with Gasteiger partial charge in [0.05, 0.1) is 19.3 Å². The highest BCUT2D eigenvalue weighted by Crippen LogP contribution is 2.15. The number of aromatic amines is 1. The Morgan fingerprint density at radius 3 is 3.33 bits per heavy atom. The number of nitrogens with one attached hydrogen (secondary N) is 1. The molecule has 8 heteroatoms. The maximum atomic E-state index is 11.3. The molecule has 2 aromatic rings. The first-order chi connectivity index (χ1) is 8.78. The van der Waals surface area contributed by atoms with Gasteiger partial charge in [0.1, 0.15) is 12.1 Å². The van der Waals surface area contributed by atoms with Crippen molar-refractivity contribution in [1.82, 2.24) is 19.6 Å². The number of hydrogen-bond acceptors (Lipinski definition) is 6. The van der Waals surface area contributed by atoms with Crippen molar-refractivity contribution in [2.45, 2.75) is 6.10 Å². The maximum Gasteiger partial charge on any atom is 0.348 e. The van der Waals surface area contributed by atoms with Crippen LogP contribution in [0.5, 0.6) is 0 Å². The standard InChI is InChI=1S/C10H13N5O3/c16-5-7-4-14(1-2-18-7)8-3-9-12-13-10(17)15(9)6-11-8/h3,6-7,16H,1-2,4-5H2,(H,13,17). The summed E-state index contributed by atoms with van der Waals surface area (Å²) < 4.78 is 6.71. The van der Waals surface area contributed by atoms with Gasteiger partial charge in [-0.15, -0.1) is 0 Å². The third kappa shape index (κ3) is 1.85. The fourth-order valence-corrected chi connectivity index (χ4v) is 2.01. The molecule has 2 aromatic heterocycles. The van der Waals surface area contributed by atoms with E-state index >= 15 is 0 Å². The van der Waals surface area contributed by atoms with Crippen molar-refractivity contribution < 1.29 is 9.84 Å². The molecule has 0 aliphatic carbocycles. The van der Waals surface area contributed by atoms with E-state index in [4.69, 9.17) is 9.84 Å². The monoisotopic (exact) mass is 251 g/mol. The quantitative estimate of drug-likeness (QED) is 0.682. The van der Waals surface area contributed by atoms with E-state index in [-0.39, 0.29) is 18.4 Å². The molecule has 1 unspecified atom stereocenters. The first-order valence-corrected chi connectivity index (χ1v) is 5.68. The zero-order chi connectivity index (χ0) is 12.5. The normalized spacial score (nSPS) is 20.5. The van der Waals surface area contributed by atoms with Crippen LogP contribution in [0.2, 0.25) is 0 Å². The maximum absolute atomic E-state index is 11.3. The highest BCUT2D eigenvalue weighted by molar-refractivity contribution is 5.50. The van der Waals surface area contributed by atoms with Gasteiger partial charge in [-0.1, -0.05) is 0 Å². The third-order valence-electron chi connectivity index (χ3n) is 2.96. The van der Waals surface area contributed by atoms with Crippen LogP contribution in [0, 0.1) is 0 Å². The van der Waals surface area contributed by atoms with E-state index < -0.39 is 0 Å². The minimum absolute atomic E-state index is 0.0133. The molecule has 0 radical (unpaired) electrons. The first kappa shape index (κ1) is 11.2. The zero-order valence-electron chi connectivity index (χ0n) is 9.61. The summed E-state index contributed by atoms with van der Waals surface area (Å²) in [6.45, 7) is 1.81. The van der Waals surface area contributed by atoms with E-state index in [2.05, 4.69) is 15.2 Å². The Morgan fingerprint density at radius 1 is 1.61 bits per heavy atom. The molecule has 0 bridgehead atoms. The van der Waals surface area contributed by atoms with Crippen LogP contribution < -0.4 is 10.6 Å². The SMILES string of the molecule is O=c1[nH]nc2cc(N3CCOC(CO)C3)ncn12. The van der Waals surface area contributed by atoms with Gasteiger partial charge in [-0.2, -0.15) is 5.10 Å². The second-order valence-corrected chi connectivity index (χ2v) is 4.13. The lowest BCUT2D eigenvalue weighted by molar-refractivity contribution is 0.00336. The van der Waals surface area contributed by atoms with Crippen LogP contribution in [-0.2, 0) is 4.74 Å². The Labute approximate surface area is 102 Å². The third-order valence-corrected chi connectivity index (χ3v) is 2.96. The van der Waals surface area contributed by atoms with Crippen molar-refractivity contribution in [3.05, 3.63) is 22.9 Å². The van der Waals surface area contributed by atoms with Crippen molar-refractivity contribution in [3.8, 4) is 0 Å². The van der Waals surface area contributed by atoms with Gasteiger partial charge in [0.15, 0.2) is 5.65 Å². The second-order valence-electron chi connectivity index (χ2n) is 4.13. The Bertz CT molecular complexity index is 607. The van der Waals surface area contributed by atoms with Gasteiger partial charge < -0.3 is 14.7 Å². The lowest BCUT2D eigenvalue weighted by Gasteiger charge is -2.32. The summed E-state index contributed by atoms with van der Waals surface area (Å²) in [6.07, 6.45) is 1.25. The van der Waals surface area contributed by atoms with Gasteiger partial charge in [0.25, 0.3) is 0 Å². The van der Waals surface area contributed by atoms with E-state index in [9.17, 15) is 4.79 Å². The van der Waals surface area contributed by atoms with Gasteiger partial charge in [-0.25, -0.2) is 19.3 Å². The summed E-state index contributed by atoms with van der Waals surface area (Å²) in [5, 5.41) is 15.3. The Hall–Kier alpha value is -1.93. The van der Waals surface area contributed by atoms with E-state index in [1.54, 1.807) is 6.07 Å². The van der Waals surface area contributed by atoms with Gasteiger partial charge >= 0.3 is 5.69 Å². The smallest absolute Gasteiger partial charge is 0.348 e. The Kier molecular flexibility index (Phi) is 2.73. The highest BCUT2D eigenvalue weighted by atomic mass is 16.5. The van der Waals surface area contributed by atoms with E-state index in [0.717, 1.165) is 5.82 Å². The molecule has 0 spiro atoms. The van der Waals surface area contributed by atoms with Crippen LogP contribution in [0.4, 0.5) is 5.82 Å². The van der Waals surface area contributed by atoms with Crippen LogP contribution in [0.3, 0.4) is 0 Å². The molecule has 0 amide bonds. The van der Waals surface area contributed by atoms with Crippen molar-refractivity contribution in [2.24, 2.45) is 0 Å². The molecule has 18 heavy (non-hydrogen) atoms. The van der Waals surface area contributed by atoms with Crippen LogP contribution in [0.15, 0.2) is 17.2 Å². The lowest BCUT2D eigenvalue weighted by atomic mass is 10.3. The minimum Gasteiger partial charge on any atom is -0.394 e. The number of fused-ring (bicyclic) bond motifs is 1. The van der Waals surface area contributed by atoms with Crippen LogP contribution in [0.1, 0.15) is 0 Å².